The summed E-state index contributed by atoms with van der Waals surface area (Å²) in [5.74, 6) is -0.246. The summed E-state index contributed by atoms with van der Waals surface area (Å²) >= 11 is 6.07. The topological polar surface area (TPSA) is 48.3 Å². The molecule has 5 heteroatoms. The first kappa shape index (κ1) is 14.4. The minimum Gasteiger partial charge on any atom is -0.426 e. The van der Waals surface area contributed by atoms with Gasteiger partial charge in [-0.1, -0.05) is 29.8 Å². The van der Waals surface area contributed by atoms with Crippen LogP contribution in [0, 0.1) is 0 Å². The van der Waals surface area contributed by atoms with Gasteiger partial charge in [-0.3, -0.25) is 14.2 Å². The van der Waals surface area contributed by atoms with E-state index in [1.165, 1.54) is 17.6 Å². The van der Waals surface area contributed by atoms with Crippen molar-refractivity contribution in [2.24, 2.45) is 0 Å². The Balaban J connectivity index is 2.39. The van der Waals surface area contributed by atoms with E-state index in [2.05, 4.69) is 0 Å². The lowest BCUT2D eigenvalue weighted by Gasteiger charge is -2.13. The molecule has 2 aromatic carbocycles. The van der Waals surface area contributed by atoms with Gasteiger partial charge in [-0.05, 0) is 30.3 Å². The molecule has 0 radical (unpaired) electrons. The number of aromatic nitrogens is 1. The van der Waals surface area contributed by atoms with Gasteiger partial charge >= 0.3 is 5.97 Å². The molecule has 4 nitrogen and oxygen atoms in total. The number of benzene rings is 2. The SMILES string of the molecule is CC(=O)Oc1cc(=O)n(-c2ccccc2)c2cc(Cl)ccc12. The Morgan fingerprint density at radius 2 is 1.82 bits per heavy atom. The molecule has 0 fully saturated rings. The van der Waals surface area contributed by atoms with Gasteiger partial charge in [0, 0.05) is 29.1 Å². The van der Waals surface area contributed by atoms with E-state index in [1.807, 2.05) is 30.3 Å². The molecule has 0 aliphatic heterocycles. The number of carbonyl (C=O) groups excluding carboxylic acids is 1. The largest absolute Gasteiger partial charge is 0.426 e. The Hall–Kier alpha value is -2.59. The number of rotatable bonds is 2. The second-order valence-electron chi connectivity index (χ2n) is 4.77. The molecule has 3 aromatic rings. The van der Waals surface area contributed by atoms with Gasteiger partial charge in [0.1, 0.15) is 5.75 Å². The predicted octanol–water partition coefficient (Wildman–Crippen LogP) is 3.57. The maximum Gasteiger partial charge on any atom is 0.308 e. The summed E-state index contributed by atoms with van der Waals surface area (Å²) in [5.41, 5.74) is 1.01. The lowest BCUT2D eigenvalue weighted by atomic mass is 10.2. The fraction of sp³-hybridized carbons (Fsp3) is 0.0588. The van der Waals surface area contributed by atoms with Gasteiger partial charge in [0.25, 0.3) is 5.56 Å². The number of hydrogen-bond acceptors (Lipinski definition) is 3. The van der Waals surface area contributed by atoms with Crippen LogP contribution in [0.25, 0.3) is 16.6 Å². The summed E-state index contributed by atoms with van der Waals surface area (Å²) in [5, 5.41) is 1.14. The van der Waals surface area contributed by atoms with Crippen molar-refractivity contribution in [1.82, 2.24) is 4.57 Å². The van der Waals surface area contributed by atoms with E-state index < -0.39 is 5.97 Å². The summed E-state index contributed by atoms with van der Waals surface area (Å²) < 4.78 is 6.68. The summed E-state index contributed by atoms with van der Waals surface area (Å²) in [6.07, 6.45) is 0. The third-order valence-corrected chi connectivity index (χ3v) is 3.44. The highest BCUT2D eigenvalue weighted by Gasteiger charge is 2.13. The summed E-state index contributed by atoms with van der Waals surface area (Å²) in [4.78, 5) is 23.7. The van der Waals surface area contributed by atoms with Crippen molar-refractivity contribution in [3.8, 4) is 11.4 Å². The van der Waals surface area contributed by atoms with Crippen molar-refractivity contribution >= 4 is 28.5 Å². The van der Waals surface area contributed by atoms with Crippen LogP contribution in [0.1, 0.15) is 6.92 Å². The Kier molecular flexibility index (Phi) is 3.69. The zero-order valence-corrected chi connectivity index (χ0v) is 12.5. The minimum atomic E-state index is -0.479. The first-order chi connectivity index (χ1) is 10.6. The van der Waals surface area contributed by atoms with Crippen LogP contribution in [-0.2, 0) is 4.79 Å². The third-order valence-electron chi connectivity index (χ3n) is 3.21. The van der Waals surface area contributed by atoms with Crippen molar-refractivity contribution in [2.75, 3.05) is 0 Å². The van der Waals surface area contributed by atoms with Crippen molar-refractivity contribution in [3.05, 3.63) is 70.0 Å². The summed E-state index contributed by atoms with van der Waals surface area (Å²) in [6, 6.07) is 15.6. The number of fused-ring (bicyclic) bond motifs is 1. The highest BCUT2D eigenvalue weighted by Crippen LogP contribution is 2.28. The molecular weight excluding hydrogens is 302 g/mol. The van der Waals surface area contributed by atoms with Crippen molar-refractivity contribution in [3.63, 3.8) is 0 Å². The smallest absolute Gasteiger partial charge is 0.308 e. The fourth-order valence-corrected chi connectivity index (χ4v) is 2.52. The van der Waals surface area contributed by atoms with E-state index >= 15 is 0 Å². The number of para-hydroxylation sites is 1. The van der Waals surface area contributed by atoms with Gasteiger partial charge in [-0.2, -0.15) is 0 Å². The van der Waals surface area contributed by atoms with E-state index in [9.17, 15) is 9.59 Å². The normalized spacial score (nSPS) is 10.6. The van der Waals surface area contributed by atoms with Gasteiger partial charge in [-0.25, -0.2) is 0 Å². The van der Waals surface area contributed by atoms with Crippen LogP contribution in [0.5, 0.6) is 5.75 Å². The van der Waals surface area contributed by atoms with Crippen molar-refractivity contribution < 1.29 is 9.53 Å². The molecule has 0 saturated carbocycles. The molecule has 0 bridgehead atoms. The second kappa shape index (κ2) is 5.66. The number of nitrogens with zero attached hydrogens (tertiary/aromatic N) is 1. The molecule has 22 heavy (non-hydrogen) atoms. The maximum atomic E-state index is 12.5. The van der Waals surface area contributed by atoms with Crippen LogP contribution in [-0.4, -0.2) is 10.5 Å². The molecule has 110 valence electrons. The lowest BCUT2D eigenvalue weighted by molar-refractivity contribution is -0.131. The monoisotopic (exact) mass is 313 g/mol. The predicted molar refractivity (Wildman–Crippen MR) is 85.9 cm³/mol. The van der Waals surface area contributed by atoms with Gasteiger partial charge in [0.2, 0.25) is 0 Å². The second-order valence-corrected chi connectivity index (χ2v) is 5.21. The molecule has 0 amide bonds. The van der Waals surface area contributed by atoms with Crippen molar-refractivity contribution in [2.45, 2.75) is 6.92 Å². The molecule has 1 aromatic heterocycles. The van der Waals surface area contributed by atoms with Crippen LogP contribution in [0.2, 0.25) is 5.02 Å². The number of carbonyl (C=O) groups is 1. The van der Waals surface area contributed by atoms with Crippen LogP contribution in [0.15, 0.2) is 59.4 Å². The first-order valence-electron chi connectivity index (χ1n) is 6.65. The third kappa shape index (κ3) is 2.61. The average Bonchev–Trinajstić information content (AvgIpc) is 2.47. The molecule has 0 saturated heterocycles. The number of pyridine rings is 1. The first-order valence-corrected chi connectivity index (χ1v) is 7.03. The Morgan fingerprint density at radius 1 is 1.09 bits per heavy atom. The van der Waals surface area contributed by atoms with Gasteiger partial charge in [0.15, 0.2) is 0 Å². The fourth-order valence-electron chi connectivity index (χ4n) is 2.35. The summed E-state index contributed by atoms with van der Waals surface area (Å²) in [6.45, 7) is 1.30. The Morgan fingerprint density at radius 3 is 2.50 bits per heavy atom. The molecule has 1 heterocycles. The Bertz CT molecular complexity index is 916. The van der Waals surface area contributed by atoms with E-state index in [4.69, 9.17) is 16.3 Å². The molecule has 0 unspecified atom stereocenters. The Labute approximate surface area is 131 Å². The van der Waals surface area contributed by atoms with Gasteiger partial charge < -0.3 is 4.74 Å². The lowest BCUT2D eigenvalue weighted by Crippen LogP contribution is -2.19. The van der Waals surface area contributed by atoms with Crippen LogP contribution >= 0.6 is 11.6 Å². The maximum absolute atomic E-state index is 12.5. The number of hydrogen-bond donors (Lipinski definition) is 0. The van der Waals surface area contributed by atoms with Crippen molar-refractivity contribution in [1.29, 1.82) is 0 Å². The molecule has 0 aliphatic rings. The van der Waals surface area contributed by atoms with E-state index in [1.54, 1.807) is 18.2 Å². The highest BCUT2D eigenvalue weighted by atomic mass is 35.5. The quantitative estimate of drug-likeness (QED) is 0.680. The zero-order chi connectivity index (χ0) is 15.7. The van der Waals surface area contributed by atoms with E-state index in [-0.39, 0.29) is 11.3 Å². The van der Waals surface area contributed by atoms with Gasteiger partial charge in [0.05, 0.1) is 5.52 Å². The summed E-state index contributed by atoms with van der Waals surface area (Å²) in [7, 11) is 0. The number of esters is 1. The molecule has 0 aliphatic carbocycles. The molecule has 0 atom stereocenters. The molecule has 0 spiro atoms. The zero-order valence-electron chi connectivity index (χ0n) is 11.7. The molecular formula is C17H12ClNO3. The molecule has 0 N–H and O–H groups in total. The van der Waals surface area contributed by atoms with Crippen LogP contribution in [0.3, 0.4) is 0 Å². The average molecular weight is 314 g/mol. The van der Waals surface area contributed by atoms with Crippen LogP contribution in [0.4, 0.5) is 0 Å². The van der Waals surface area contributed by atoms with E-state index in [0.717, 1.165) is 0 Å². The minimum absolute atomic E-state index is 0.233. The number of ether oxygens (including phenoxy) is 1. The van der Waals surface area contributed by atoms with Crippen LogP contribution < -0.4 is 10.3 Å². The highest BCUT2D eigenvalue weighted by molar-refractivity contribution is 6.31. The number of halogens is 1. The van der Waals surface area contributed by atoms with E-state index in [0.29, 0.717) is 21.6 Å². The van der Waals surface area contributed by atoms with Gasteiger partial charge in [-0.15, -0.1) is 0 Å². The standard InChI is InChI=1S/C17H12ClNO3/c1-11(20)22-16-10-17(21)19(13-5-3-2-4-6-13)15-9-12(18)7-8-14(15)16/h2-10H,1H3. The molecule has 3 rings (SSSR count).